The molecule has 71 valence electrons. The number of carbonyl (C=O) groups is 1. The molecular formula is C12H17O. The molecule has 1 unspecified atom stereocenters. The van der Waals surface area contributed by atoms with Crippen LogP contribution < -0.4 is 0 Å². The second-order valence-corrected chi connectivity index (χ2v) is 4.50. The van der Waals surface area contributed by atoms with Crippen molar-refractivity contribution >= 4 is 5.78 Å². The van der Waals surface area contributed by atoms with Crippen molar-refractivity contribution in [2.75, 3.05) is 0 Å². The van der Waals surface area contributed by atoms with Crippen molar-refractivity contribution in [2.45, 2.75) is 39.0 Å². The molecule has 0 saturated heterocycles. The number of Topliss-reactive ketones (excluding diaryl/α,β-unsaturated/α-hetero) is 1. The lowest BCUT2D eigenvalue weighted by atomic mass is 9.70. The Kier molecular flexibility index (Phi) is 2.27. The highest BCUT2D eigenvalue weighted by Crippen LogP contribution is 2.45. The van der Waals surface area contributed by atoms with E-state index in [1.54, 1.807) is 0 Å². The van der Waals surface area contributed by atoms with Crippen LogP contribution in [0.4, 0.5) is 0 Å². The van der Waals surface area contributed by atoms with Gasteiger partial charge in [0, 0.05) is 11.8 Å². The molecule has 0 aromatic heterocycles. The molecule has 13 heavy (non-hydrogen) atoms. The summed E-state index contributed by atoms with van der Waals surface area (Å²) >= 11 is 0. The molecule has 2 aliphatic carbocycles. The monoisotopic (exact) mass is 177 g/mol. The maximum Gasteiger partial charge on any atom is 0.139 e. The van der Waals surface area contributed by atoms with Gasteiger partial charge in [-0.15, -0.1) is 0 Å². The van der Waals surface area contributed by atoms with Crippen molar-refractivity contribution in [1.29, 1.82) is 0 Å². The third-order valence-electron chi connectivity index (χ3n) is 3.68. The SMILES string of the molecule is C[C@]1(C2[CH]C=CCC2)CCCC1=O. The summed E-state index contributed by atoms with van der Waals surface area (Å²) in [7, 11) is 0. The molecule has 0 spiro atoms. The van der Waals surface area contributed by atoms with Gasteiger partial charge in [-0.1, -0.05) is 19.1 Å². The van der Waals surface area contributed by atoms with Gasteiger partial charge in [-0.2, -0.15) is 0 Å². The Morgan fingerprint density at radius 3 is 2.92 bits per heavy atom. The Bertz CT molecular complexity index is 242. The van der Waals surface area contributed by atoms with Crippen LogP contribution in [0.2, 0.25) is 0 Å². The fourth-order valence-electron chi connectivity index (χ4n) is 2.65. The fraction of sp³-hybridized carbons (Fsp3) is 0.667. The normalized spacial score (nSPS) is 39.8. The summed E-state index contributed by atoms with van der Waals surface area (Å²) < 4.78 is 0. The maximum atomic E-state index is 11.8. The Morgan fingerprint density at radius 1 is 1.54 bits per heavy atom. The lowest BCUT2D eigenvalue weighted by Crippen LogP contribution is -2.32. The van der Waals surface area contributed by atoms with Crippen LogP contribution in [-0.4, -0.2) is 5.78 Å². The van der Waals surface area contributed by atoms with Crippen molar-refractivity contribution < 1.29 is 4.79 Å². The van der Waals surface area contributed by atoms with Gasteiger partial charge in [-0.05, 0) is 38.0 Å². The first-order chi connectivity index (χ1) is 6.23. The number of rotatable bonds is 1. The van der Waals surface area contributed by atoms with E-state index >= 15 is 0 Å². The van der Waals surface area contributed by atoms with Gasteiger partial charge >= 0.3 is 0 Å². The molecule has 0 heterocycles. The van der Waals surface area contributed by atoms with Gasteiger partial charge in [-0.25, -0.2) is 0 Å². The van der Waals surface area contributed by atoms with E-state index in [0.29, 0.717) is 11.7 Å². The second kappa shape index (κ2) is 3.28. The zero-order valence-electron chi connectivity index (χ0n) is 8.25. The van der Waals surface area contributed by atoms with Gasteiger partial charge in [0.25, 0.3) is 0 Å². The molecule has 0 bridgehead atoms. The van der Waals surface area contributed by atoms with E-state index in [0.717, 1.165) is 25.7 Å². The van der Waals surface area contributed by atoms with Crippen LogP contribution in [0.5, 0.6) is 0 Å². The minimum absolute atomic E-state index is 0.0231. The smallest absolute Gasteiger partial charge is 0.139 e. The largest absolute Gasteiger partial charge is 0.299 e. The molecule has 0 aliphatic heterocycles. The van der Waals surface area contributed by atoms with Crippen molar-refractivity contribution in [2.24, 2.45) is 11.3 Å². The van der Waals surface area contributed by atoms with Crippen LogP contribution >= 0.6 is 0 Å². The highest BCUT2D eigenvalue weighted by molar-refractivity contribution is 5.86. The van der Waals surface area contributed by atoms with E-state index in [4.69, 9.17) is 0 Å². The Labute approximate surface area is 80.2 Å². The number of carbonyl (C=O) groups excluding carboxylic acids is 1. The molecule has 2 atom stereocenters. The average Bonchev–Trinajstić information content (AvgIpc) is 2.50. The molecule has 1 saturated carbocycles. The summed E-state index contributed by atoms with van der Waals surface area (Å²) in [4.78, 5) is 11.8. The average molecular weight is 177 g/mol. The lowest BCUT2D eigenvalue weighted by Gasteiger charge is -2.33. The molecule has 2 aliphatic rings. The predicted octanol–water partition coefficient (Wildman–Crippen LogP) is 2.92. The van der Waals surface area contributed by atoms with E-state index in [1.807, 2.05) is 0 Å². The lowest BCUT2D eigenvalue weighted by molar-refractivity contribution is -0.127. The van der Waals surface area contributed by atoms with Crippen molar-refractivity contribution in [3.63, 3.8) is 0 Å². The topological polar surface area (TPSA) is 17.1 Å². The minimum Gasteiger partial charge on any atom is -0.299 e. The number of hydrogen-bond donors (Lipinski definition) is 0. The maximum absolute atomic E-state index is 11.8. The standard InChI is InChI=1S/C12H17O/c1-12(9-5-8-11(12)13)10-6-3-2-4-7-10/h2-3,6,10H,4-5,7-9H2,1H3/t10?,12-/m1/s1. The number of ketones is 1. The quantitative estimate of drug-likeness (QED) is 0.602. The molecule has 1 radical (unpaired) electrons. The Hall–Kier alpha value is -0.590. The molecule has 0 aromatic rings. The molecule has 1 heteroatoms. The predicted molar refractivity (Wildman–Crippen MR) is 53.1 cm³/mol. The summed E-state index contributed by atoms with van der Waals surface area (Å²) in [6, 6.07) is 0. The molecule has 1 nitrogen and oxygen atoms in total. The van der Waals surface area contributed by atoms with Gasteiger partial charge in [0.2, 0.25) is 0 Å². The molecule has 0 N–H and O–H groups in total. The zero-order valence-corrected chi connectivity index (χ0v) is 8.25. The van der Waals surface area contributed by atoms with Crippen molar-refractivity contribution in [1.82, 2.24) is 0 Å². The van der Waals surface area contributed by atoms with Gasteiger partial charge in [0.15, 0.2) is 0 Å². The second-order valence-electron chi connectivity index (χ2n) is 4.50. The van der Waals surface area contributed by atoms with Crippen LogP contribution in [0.3, 0.4) is 0 Å². The molecular weight excluding hydrogens is 160 g/mol. The van der Waals surface area contributed by atoms with E-state index in [2.05, 4.69) is 25.5 Å². The molecule has 1 fully saturated rings. The van der Waals surface area contributed by atoms with Gasteiger partial charge < -0.3 is 0 Å². The van der Waals surface area contributed by atoms with Crippen LogP contribution in [-0.2, 0) is 4.79 Å². The van der Waals surface area contributed by atoms with Crippen LogP contribution in [0.25, 0.3) is 0 Å². The molecule has 0 aromatic carbocycles. The van der Waals surface area contributed by atoms with Gasteiger partial charge in [0.05, 0.1) is 0 Å². The molecule has 0 amide bonds. The van der Waals surface area contributed by atoms with Crippen LogP contribution in [0, 0.1) is 17.8 Å². The first kappa shape index (κ1) is 8.98. The summed E-state index contributed by atoms with van der Waals surface area (Å²) in [5.41, 5.74) is -0.0231. The summed E-state index contributed by atoms with van der Waals surface area (Å²) in [6.45, 7) is 2.16. The summed E-state index contributed by atoms with van der Waals surface area (Å²) in [5, 5.41) is 0. The first-order valence-corrected chi connectivity index (χ1v) is 5.27. The third-order valence-corrected chi connectivity index (χ3v) is 3.68. The molecule has 2 rings (SSSR count). The number of allylic oxidation sites excluding steroid dienone is 2. The third kappa shape index (κ3) is 1.45. The number of hydrogen-bond acceptors (Lipinski definition) is 1. The van der Waals surface area contributed by atoms with E-state index < -0.39 is 0 Å². The van der Waals surface area contributed by atoms with E-state index in [1.165, 1.54) is 6.42 Å². The fourth-order valence-corrected chi connectivity index (χ4v) is 2.65. The van der Waals surface area contributed by atoms with Gasteiger partial charge in [0.1, 0.15) is 5.78 Å². The summed E-state index contributed by atoms with van der Waals surface area (Å²) in [5.74, 6) is 0.997. The summed E-state index contributed by atoms with van der Waals surface area (Å²) in [6.07, 6.45) is 11.9. The van der Waals surface area contributed by atoms with E-state index in [-0.39, 0.29) is 5.41 Å². The minimum atomic E-state index is -0.0231. The van der Waals surface area contributed by atoms with Crippen molar-refractivity contribution in [3.8, 4) is 0 Å². The zero-order chi connectivity index (χ0) is 9.31. The Balaban J connectivity index is 2.13. The van der Waals surface area contributed by atoms with E-state index in [9.17, 15) is 4.79 Å². The van der Waals surface area contributed by atoms with Gasteiger partial charge in [-0.3, -0.25) is 4.79 Å². The van der Waals surface area contributed by atoms with Crippen LogP contribution in [0.15, 0.2) is 12.2 Å². The highest BCUT2D eigenvalue weighted by Gasteiger charge is 2.43. The van der Waals surface area contributed by atoms with Crippen LogP contribution in [0.1, 0.15) is 39.0 Å². The highest BCUT2D eigenvalue weighted by atomic mass is 16.1. The first-order valence-electron chi connectivity index (χ1n) is 5.27. The van der Waals surface area contributed by atoms with Crippen molar-refractivity contribution in [3.05, 3.63) is 18.6 Å². The Morgan fingerprint density at radius 2 is 2.38 bits per heavy atom.